The number of hydrogen-bond donors (Lipinski definition) is 2. The quantitative estimate of drug-likeness (QED) is 0.316. The highest BCUT2D eigenvalue weighted by molar-refractivity contribution is 6.33. The van der Waals surface area contributed by atoms with Crippen LogP contribution in [0.25, 0.3) is 33.4 Å². The molecule has 6 rings (SSSR count). The van der Waals surface area contributed by atoms with Crippen LogP contribution >= 0.6 is 11.6 Å². The molecule has 2 saturated carbocycles. The lowest BCUT2D eigenvalue weighted by atomic mass is 9.91. The molecule has 0 radical (unpaired) electrons. The van der Waals surface area contributed by atoms with Crippen LogP contribution in [0, 0.1) is 6.92 Å². The van der Waals surface area contributed by atoms with Crippen LogP contribution in [-0.2, 0) is 0 Å². The molecule has 0 bridgehead atoms. The topological polar surface area (TPSA) is 98.7 Å². The third-order valence-electron chi connectivity index (χ3n) is 8.01. The summed E-state index contributed by atoms with van der Waals surface area (Å²) in [5.74, 6) is 0.589. The van der Waals surface area contributed by atoms with Gasteiger partial charge in [0.1, 0.15) is 5.65 Å². The fourth-order valence-corrected chi connectivity index (χ4v) is 6.21. The van der Waals surface area contributed by atoms with E-state index in [4.69, 9.17) is 22.3 Å². The van der Waals surface area contributed by atoms with E-state index in [0.717, 1.165) is 60.9 Å². The zero-order valence-corrected chi connectivity index (χ0v) is 22.4. The maximum absolute atomic E-state index is 14.2. The minimum atomic E-state index is -0.0770. The van der Waals surface area contributed by atoms with Gasteiger partial charge in [-0.25, -0.2) is 4.98 Å². The van der Waals surface area contributed by atoms with Gasteiger partial charge in [-0.3, -0.25) is 14.3 Å². The normalized spacial score (nSPS) is 20.2. The molecular weight excluding hydrogens is 496 g/mol. The Kier molecular flexibility index (Phi) is 6.89. The third kappa shape index (κ3) is 4.93. The number of nitrogens with zero attached hydrogens (tertiary/aromatic N) is 4. The van der Waals surface area contributed by atoms with Gasteiger partial charge in [-0.2, -0.15) is 4.98 Å². The fourth-order valence-electron chi connectivity index (χ4n) is 5.93. The maximum Gasteiger partial charge on any atom is 0.260 e. The van der Waals surface area contributed by atoms with Crippen LogP contribution in [0.1, 0.15) is 63.1 Å². The van der Waals surface area contributed by atoms with E-state index in [1.165, 1.54) is 12.8 Å². The lowest BCUT2D eigenvalue weighted by Gasteiger charge is -2.29. The zero-order chi connectivity index (χ0) is 26.2. The average molecular weight is 529 g/mol. The molecule has 0 unspecified atom stereocenters. The summed E-state index contributed by atoms with van der Waals surface area (Å²) in [6.07, 6.45) is 10.00. The van der Waals surface area contributed by atoms with Crippen molar-refractivity contribution in [2.45, 2.75) is 76.4 Å². The summed E-state index contributed by atoms with van der Waals surface area (Å²) in [7, 11) is 0. The molecule has 0 spiro atoms. The number of fused-ring (bicyclic) bond motifs is 1. The van der Waals surface area contributed by atoms with Crippen molar-refractivity contribution in [3.63, 3.8) is 0 Å². The van der Waals surface area contributed by atoms with E-state index >= 15 is 0 Å². The Balaban J connectivity index is 1.46. The molecule has 7 nitrogen and oxygen atoms in total. The average Bonchev–Trinajstić information content (AvgIpc) is 3.42. The van der Waals surface area contributed by atoms with Gasteiger partial charge in [0.25, 0.3) is 5.56 Å². The van der Waals surface area contributed by atoms with Gasteiger partial charge in [-0.1, -0.05) is 42.6 Å². The van der Waals surface area contributed by atoms with E-state index < -0.39 is 0 Å². The molecule has 2 fully saturated rings. The Hall–Kier alpha value is -3.29. The monoisotopic (exact) mass is 528 g/mol. The van der Waals surface area contributed by atoms with Gasteiger partial charge in [0.15, 0.2) is 0 Å². The summed E-state index contributed by atoms with van der Waals surface area (Å²) in [6.45, 7) is 1.96. The van der Waals surface area contributed by atoms with Crippen molar-refractivity contribution in [3.05, 3.63) is 69.7 Å². The van der Waals surface area contributed by atoms with Crippen LogP contribution in [0.4, 0.5) is 5.95 Å². The number of nitrogens with two attached hydrogens (primary N) is 1. The van der Waals surface area contributed by atoms with Crippen molar-refractivity contribution in [1.82, 2.24) is 19.5 Å². The van der Waals surface area contributed by atoms with Crippen LogP contribution in [0.15, 0.2) is 53.5 Å². The molecule has 1 aromatic carbocycles. The van der Waals surface area contributed by atoms with E-state index in [2.05, 4.69) is 15.3 Å². The summed E-state index contributed by atoms with van der Waals surface area (Å²) in [6, 6.07) is 14.2. The first-order valence-electron chi connectivity index (χ1n) is 13.6. The molecule has 0 saturated heterocycles. The number of rotatable bonds is 5. The molecule has 0 aliphatic heterocycles. The van der Waals surface area contributed by atoms with Gasteiger partial charge in [0, 0.05) is 57.1 Å². The van der Waals surface area contributed by atoms with E-state index in [1.54, 1.807) is 0 Å². The van der Waals surface area contributed by atoms with E-state index in [1.807, 2.05) is 60.2 Å². The fraction of sp³-hybridized carbons (Fsp3) is 0.400. The van der Waals surface area contributed by atoms with Gasteiger partial charge in [-0.05, 0) is 69.7 Å². The van der Waals surface area contributed by atoms with E-state index in [0.29, 0.717) is 33.8 Å². The van der Waals surface area contributed by atoms with Crippen molar-refractivity contribution in [3.8, 4) is 22.4 Å². The molecule has 2 aliphatic rings. The number of anilines is 1. The number of nitrogens with one attached hydrogen (secondary N) is 1. The largest absolute Gasteiger partial charge is 0.351 e. The van der Waals surface area contributed by atoms with E-state index in [-0.39, 0.29) is 17.6 Å². The number of pyridine rings is 2. The molecule has 0 amide bonds. The number of aromatic nitrogens is 4. The summed E-state index contributed by atoms with van der Waals surface area (Å²) < 4.78 is 1.88. The lowest BCUT2D eigenvalue weighted by Crippen LogP contribution is -2.33. The Morgan fingerprint density at radius 3 is 2.50 bits per heavy atom. The summed E-state index contributed by atoms with van der Waals surface area (Å²) in [5.41, 5.74) is 10.8. The van der Waals surface area contributed by atoms with Gasteiger partial charge >= 0.3 is 0 Å². The Bertz CT molecular complexity index is 1540. The summed E-state index contributed by atoms with van der Waals surface area (Å²) in [5, 5.41) is 4.83. The number of hydrogen-bond acceptors (Lipinski definition) is 6. The predicted molar refractivity (Wildman–Crippen MR) is 154 cm³/mol. The standard InChI is InChI=1S/C30H33ClN6O/c1-18-5-4-8-27(34-18)19-9-14-24(26(31)16-19)25-15-20-17-33-30(35-22-6-2-3-7-22)36-28(20)37(29(25)38)23-12-10-21(32)11-13-23/h4-5,8-9,14-17,21-23H,2-3,6-7,10-13,32H2,1H3,(H,33,35,36)/t21-,23-. The van der Waals surface area contributed by atoms with Crippen molar-refractivity contribution >= 4 is 28.6 Å². The summed E-state index contributed by atoms with van der Waals surface area (Å²) >= 11 is 6.82. The molecule has 3 aromatic heterocycles. The van der Waals surface area contributed by atoms with Crippen LogP contribution in [0.5, 0.6) is 0 Å². The van der Waals surface area contributed by atoms with Gasteiger partial charge in [0.2, 0.25) is 5.95 Å². The second kappa shape index (κ2) is 10.5. The first kappa shape index (κ1) is 25.0. The minimum Gasteiger partial charge on any atom is -0.351 e. The molecule has 38 heavy (non-hydrogen) atoms. The molecule has 196 valence electrons. The highest BCUT2D eigenvalue weighted by Gasteiger charge is 2.26. The van der Waals surface area contributed by atoms with Gasteiger partial charge in [0.05, 0.1) is 5.69 Å². The van der Waals surface area contributed by atoms with E-state index in [9.17, 15) is 4.79 Å². The first-order valence-corrected chi connectivity index (χ1v) is 14.0. The first-order chi connectivity index (χ1) is 18.5. The maximum atomic E-state index is 14.2. The zero-order valence-electron chi connectivity index (χ0n) is 21.7. The molecule has 0 atom stereocenters. The van der Waals surface area contributed by atoms with Crippen LogP contribution < -0.4 is 16.6 Å². The third-order valence-corrected chi connectivity index (χ3v) is 8.32. The number of benzene rings is 1. The Morgan fingerprint density at radius 1 is 0.974 bits per heavy atom. The molecule has 3 heterocycles. The second-order valence-electron chi connectivity index (χ2n) is 10.8. The van der Waals surface area contributed by atoms with Crippen molar-refractivity contribution in [1.29, 1.82) is 0 Å². The van der Waals surface area contributed by atoms with Crippen LogP contribution in [0.2, 0.25) is 5.02 Å². The molecule has 8 heteroatoms. The smallest absolute Gasteiger partial charge is 0.260 e. The van der Waals surface area contributed by atoms with Crippen LogP contribution in [-0.4, -0.2) is 31.6 Å². The molecular formula is C30H33ClN6O. The Labute approximate surface area is 227 Å². The second-order valence-corrected chi connectivity index (χ2v) is 11.2. The summed E-state index contributed by atoms with van der Waals surface area (Å²) in [4.78, 5) is 28.3. The molecule has 3 N–H and O–H groups in total. The highest BCUT2D eigenvalue weighted by Crippen LogP contribution is 2.34. The van der Waals surface area contributed by atoms with Gasteiger partial charge < -0.3 is 11.1 Å². The van der Waals surface area contributed by atoms with Gasteiger partial charge in [-0.15, -0.1) is 0 Å². The lowest BCUT2D eigenvalue weighted by molar-refractivity contribution is 0.323. The SMILES string of the molecule is Cc1cccc(-c2ccc(-c3cc4cnc(NC5CCCC5)nc4n([C@H]4CC[C@H](N)CC4)c3=O)c(Cl)c2)n1. The predicted octanol–water partition coefficient (Wildman–Crippen LogP) is 6.28. The Morgan fingerprint density at radius 2 is 1.76 bits per heavy atom. The molecule has 4 aromatic rings. The number of halogens is 1. The van der Waals surface area contributed by atoms with Crippen molar-refractivity contribution in [2.75, 3.05) is 5.32 Å². The number of aryl methyl sites for hydroxylation is 1. The van der Waals surface area contributed by atoms with Crippen molar-refractivity contribution in [2.24, 2.45) is 5.73 Å². The minimum absolute atomic E-state index is 0.0357. The van der Waals surface area contributed by atoms with Crippen LogP contribution in [0.3, 0.4) is 0 Å². The highest BCUT2D eigenvalue weighted by atomic mass is 35.5. The molecule has 2 aliphatic carbocycles. The van der Waals surface area contributed by atoms with Crippen molar-refractivity contribution < 1.29 is 0 Å².